The van der Waals surface area contributed by atoms with Crippen molar-refractivity contribution in [3.05, 3.63) is 0 Å². The summed E-state index contributed by atoms with van der Waals surface area (Å²) in [5.74, 6) is -0.400. The lowest BCUT2D eigenvalue weighted by Gasteiger charge is -2.50. The van der Waals surface area contributed by atoms with E-state index in [2.05, 4.69) is 0 Å². The highest BCUT2D eigenvalue weighted by Crippen LogP contribution is 2.39. The van der Waals surface area contributed by atoms with E-state index >= 15 is 0 Å². The highest BCUT2D eigenvalue weighted by molar-refractivity contribution is 5.77. The number of hydrogen-bond acceptors (Lipinski definition) is 3. The summed E-state index contributed by atoms with van der Waals surface area (Å²) in [6.45, 7) is 7.68. The van der Waals surface area contributed by atoms with Crippen molar-refractivity contribution in [3.8, 4) is 0 Å². The van der Waals surface area contributed by atoms with E-state index in [0.717, 1.165) is 0 Å². The van der Waals surface area contributed by atoms with Crippen molar-refractivity contribution in [2.75, 3.05) is 0 Å². The van der Waals surface area contributed by atoms with Gasteiger partial charge in [-0.05, 0) is 40.5 Å². The molecule has 0 bridgehead atoms. The Hall–Kier alpha value is -0.610. The third kappa shape index (κ3) is 1.91. The Labute approximate surface area is 85.0 Å². The van der Waals surface area contributed by atoms with Crippen LogP contribution in [0.4, 0.5) is 0 Å². The van der Waals surface area contributed by atoms with Crippen molar-refractivity contribution in [1.82, 2.24) is 5.06 Å². The Kier molecular flexibility index (Phi) is 2.63. The van der Waals surface area contributed by atoms with Crippen LogP contribution in [0.15, 0.2) is 0 Å². The van der Waals surface area contributed by atoms with Crippen molar-refractivity contribution in [1.29, 1.82) is 0 Å². The maximum absolute atomic E-state index is 11.2. The van der Waals surface area contributed by atoms with Gasteiger partial charge in [0.1, 0.15) is 0 Å². The zero-order valence-electron chi connectivity index (χ0n) is 9.37. The van der Waals surface area contributed by atoms with E-state index in [1.165, 1.54) is 5.06 Å². The highest BCUT2D eigenvalue weighted by Gasteiger charge is 2.46. The van der Waals surface area contributed by atoms with Gasteiger partial charge in [-0.25, -0.2) is 0 Å². The van der Waals surface area contributed by atoms with E-state index in [1.54, 1.807) is 0 Å². The summed E-state index contributed by atoms with van der Waals surface area (Å²) in [5.41, 5.74) is 4.54. The Balaban J connectivity index is 2.91. The summed E-state index contributed by atoms with van der Waals surface area (Å²) in [6, 6.07) is 0. The Morgan fingerprint density at radius 1 is 1.29 bits per heavy atom. The average molecular weight is 200 g/mol. The van der Waals surface area contributed by atoms with Crippen LogP contribution in [0.25, 0.3) is 0 Å². The second-order valence-electron chi connectivity index (χ2n) is 5.44. The molecule has 0 spiro atoms. The molecular formula is C10H20N2O2. The molecule has 14 heavy (non-hydrogen) atoms. The highest BCUT2D eigenvalue weighted by atomic mass is 16.5. The fourth-order valence-electron chi connectivity index (χ4n) is 2.47. The summed E-state index contributed by atoms with van der Waals surface area (Å²) >= 11 is 0. The van der Waals surface area contributed by atoms with Gasteiger partial charge < -0.3 is 10.9 Å². The van der Waals surface area contributed by atoms with Gasteiger partial charge in [0, 0.05) is 17.0 Å². The fraction of sp³-hybridized carbons (Fsp3) is 0.900. The van der Waals surface area contributed by atoms with Gasteiger partial charge in [-0.3, -0.25) is 4.79 Å². The van der Waals surface area contributed by atoms with Gasteiger partial charge in [0.15, 0.2) is 0 Å². The second-order valence-corrected chi connectivity index (χ2v) is 5.44. The lowest BCUT2D eigenvalue weighted by Crippen LogP contribution is -2.60. The van der Waals surface area contributed by atoms with Crippen molar-refractivity contribution in [3.63, 3.8) is 0 Å². The molecule has 82 valence electrons. The third-order valence-electron chi connectivity index (χ3n) is 3.04. The quantitative estimate of drug-likeness (QED) is 0.666. The van der Waals surface area contributed by atoms with E-state index in [4.69, 9.17) is 5.73 Å². The summed E-state index contributed by atoms with van der Waals surface area (Å²) in [7, 11) is 0. The topological polar surface area (TPSA) is 66.6 Å². The first kappa shape index (κ1) is 11.5. The number of primary amides is 1. The fourth-order valence-corrected chi connectivity index (χ4v) is 2.47. The average Bonchev–Trinajstić information content (AvgIpc) is 1.98. The minimum absolute atomic E-state index is 0.136. The number of piperidine rings is 1. The van der Waals surface area contributed by atoms with Crippen LogP contribution in [-0.2, 0) is 4.79 Å². The molecule has 0 aromatic rings. The first-order valence-corrected chi connectivity index (χ1v) is 4.95. The molecule has 0 radical (unpaired) electrons. The van der Waals surface area contributed by atoms with E-state index in [-0.39, 0.29) is 22.9 Å². The van der Waals surface area contributed by atoms with Crippen molar-refractivity contribution < 1.29 is 10.0 Å². The zero-order chi connectivity index (χ0) is 11.1. The van der Waals surface area contributed by atoms with Crippen LogP contribution in [0.1, 0.15) is 40.5 Å². The number of nitrogens with two attached hydrogens (primary N) is 1. The molecule has 1 fully saturated rings. The Morgan fingerprint density at radius 2 is 1.64 bits per heavy atom. The molecule has 4 nitrogen and oxygen atoms in total. The van der Waals surface area contributed by atoms with Crippen LogP contribution in [0.3, 0.4) is 0 Å². The Morgan fingerprint density at radius 3 is 1.93 bits per heavy atom. The van der Waals surface area contributed by atoms with Gasteiger partial charge in [0.05, 0.1) is 0 Å². The molecule has 0 aromatic carbocycles. The molecule has 0 aliphatic carbocycles. The Bertz CT molecular complexity index is 231. The van der Waals surface area contributed by atoms with Gasteiger partial charge >= 0.3 is 0 Å². The monoisotopic (exact) mass is 200 g/mol. The maximum atomic E-state index is 11.2. The normalized spacial score (nSPS) is 27.5. The molecule has 0 atom stereocenters. The van der Waals surface area contributed by atoms with Gasteiger partial charge in [-0.2, -0.15) is 5.06 Å². The summed E-state index contributed by atoms with van der Waals surface area (Å²) < 4.78 is 0. The van der Waals surface area contributed by atoms with Gasteiger partial charge in [-0.1, -0.05) is 0 Å². The van der Waals surface area contributed by atoms with Crippen LogP contribution in [-0.4, -0.2) is 27.3 Å². The van der Waals surface area contributed by atoms with Crippen LogP contribution in [0.5, 0.6) is 0 Å². The second kappa shape index (κ2) is 3.21. The number of carbonyl (C=O) groups excluding carboxylic acids is 1. The number of rotatable bonds is 1. The van der Waals surface area contributed by atoms with Crippen LogP contribution in [0.2, 0.25) is 0 Å². The first-order chi connectivity index (χ1) is 6.17. The predicted octanol–water partition coefficient (Wildman–Crippen LogP) is 1.13. The van der Waals surface area contributed by atoms with Crippen molar-refractivity contribution in [2.45, 2.75) is 51.6 Å². The first-order valence-electron chi connectivity index (χ1n) is 4.95. The van der Waals surface area contributed by atoms with E-state index in [1.807, 2.05) is 27.7 Å². The number of nitrogens with zero attached hydrogens (tertiary/aromatic N) is 1. The molecule has 3 N–H and O–H groups in total. The molecule has 1 aliphatic rings. The van der Waals surface area contributed by atoms with E-state index in [0.29, 0.717) is 12.8 Å². The standard InChI is InChI=1S/C10H20N2O2/c1-9(2)5-7(8(11)13)6-10(3,4)12(9)14/h7,14H,5-6H2,1-4H3,(H2,11,13). The summed E-state index contributed by atoms with van der Waals surface area (Å²) in [5, 5.41) is 11.3. The van der Waals surface area contributed by atoms with Crippen molar-refractivity contribution in [2.24, 2.45) is 11.7 Å². The van der Waals surface area contributed by atoms with Crippen LogP contribution in [0, 0.1) is 5.92 Å². The van der Waals surface area contributed by atoms with Gasteiger partial charge in [0.2, 0.25) is 5.91 Å². The number of hydroxylamine groups is 2. The van der Waals surface area contributed by atoms with Gasteiger partial charge in [-0.15, -0.1) is 0 Å². The van der Waals surface area contributed by atoms with E-state index in [9.17, 15) is 10.0 Å². The molecule has 1 amide bonds. The summed E-state index contributed by atoms with van der Waals surface area (Å²) in [4.78, 5) is 11.2. The SMILES string of the molecule is CC1(C)CC(C(N)=O)CC(C)(C)N1O. The molecular weight excluding hydrogens is 180 g/mol. The lowest BCUT2D eigenvalue weighted by molar-refractivity contribution is -0.249. The summed E-state index contributed by atoms with van der Waals surface area (Å²) in [6.07, 6.45) is 1.23. The van der Waals surface area contributed by atoms with Gasteiger partial charge in [0.25, 0.3) is 0 Å². The minimum Gasteiger partial charge on any atom is -0.369 e. The molecule has 1 saturated heterocycles. The molecule has 0 aromatic heterocycles. The lowest BCUT2D eigenvalue weighted by atomic mass is 9.75. The molecule has 4 heteroatoms. The largest absolute Gasteiger partial charge is 0.369 e. The maximum Gasteiger partial charge on any atom is 0.220 e. The smallest absolute Gasteiger partial charge is 0.220 e. The predicted molar refractivity (Wildman–Crippen MR) is 53.7 cm³/mol. The zero-order valence-corrected chi connectivity index (χ0v) is 9.37. The number of carbonyl (C=O) groups is 1. The molecule has 1 heterocycles. The minimum atomic E-state index is -0.387. The number of amides is 1. The molecule has 0 unspecified atom stereocenters. The molecule has 1 aliphatic heterocycles. The molecule has 1 rings (SSSR count). The van der Waals surface area contributed by atoms with Crippen molar-refractivity contribution >= 4 is 5.91 Å². The van der Waals surface area contributed by atoms with Crippen LogP contribution < -0.4 is 5.73 Å². The van der Waals surface area contributed by atoms with E-state index < -0.39 is 0 Å². The molecule has 0 saturated carbocycles. The van der Waals surface area contributed by atoms with Crippen LogP contribution >= 0.6 is 0 Å². The number of hydrogen-bond donors (Lipinski definition) is 2. The third-order valence-corrected chi connectivity index (χ3v) is 3.04.